The molecule has 1 aliphatic heterocycles. The van der Waals surface area contributed by atoms with Gasteiger partial charge in [0.2, 0.25) is 0 Å². The number of amides is 1. The molecule has 3 aromatic rings. The molecule has 0 atom stereocenters. The zero-order chi connectivity index (χ0) is 19.5. The van der Waals surface area contributed by atoms with Gasteiger partial charge in [-0.15, -0.1) is 23.1 Å². The fraction of sp³-hybridized carbons (Fsp3) is 0.100. The van der Waals surface area contributed by atoms with Gasteiger partial charge >= 0.3 is 0 Å². The van der Waals surface area contributed by atoms with E-state index in [4.69, 9.17) is 0 Å². The van der Waals surface area contributed by atoms with Crippen LogP contribution in [0.2, 0.25) is 0 Å². The summed E-state index contributed by atoms with van der Waals surface area (Å²) in [6.45, 7) is 0.566. The number of anilines is 2. The van der Waals surface area contributed by atoms with E-state index in [0.29, 0.717) is 17.2 Å². The Morgan fingerprint density at radius 2 is 1.96 bits per heavy atom. The Morgan fingerprint density at radius 3 is 2.75 bits per heavy atom. The van der Waals surface area contributed by atoms with Crippen molar-refractivity contribution in [2.45, 2.75) is 0 Å². The van der Waals surface area contributed by atoms with Crippen molar-refractivity contribution in [3.05, 3.63) is 81.8 Å². The average Bonchev–Trinajstić information content (AvgIpc) is 3.33. The number of halogens is 2. The molecule has 8 heteroatoms. The number of rotatable bonds is 4. The van der Waals surface area contributed by atoms with Gasteiger partial charge in [0, 0.05) is 28.9 Å². The monoisotopic (exact) mass is 415 g/mol. The van der Waals surface area contributed by atoms with Gasteiger partial charge < -0.3 is 10.2 Å². The van der Waals surface area contributed by atoms with E-state index < -0.39 is 5.82 Å². The topological polar surface area (TPSA) is 45.2 Å². The van der Waals surface area contributed by atoms with Crippen molar-refractivity contribution in [2.24, 2.45) is 0 Å². The Kier molecular flexibility index (Phi) is 5.40. The molecule has 0 aliphatic carbocycles. The Bertz CT molecular complexity index is 1030. The predicted molar refractivity (Wildman–Crippen MR) is 110 cm³/mol. The van der Waals surface area contributed by atoms with E-state index in [2.05, 4.69) is 10.3 Å². The van der Waals surface area contributed by atoms with Crippen molar-refractivity contribution in [1.82, 2.24) is 9.88 Å². The molecule has 2 heterocycles. The van der Waals surface area contributed by atoms with Crippen LogP contribution < -0.4 is 5.32 Å². The van der Waals surface area contributed by atoms with Gasteiger partial charge in [0.15, 0.2) is 5.13 Å². The van der Waals surface area contributed by atoms with Crippen molar-refractivity contribution in [3.8, 4) is 0 Å². The zero-order valence-corrected chi connectivity index (χ0v) is 16.2. The lowest BCUT2D eigenvalue weighted by Crippen LogP contribution is -2.26. The third-order valence-electron chi connectivity index (χ3n) is 4.04. The summed E-state index contributed by atoms with van der Waals surface area (Å²) in [5.74, 6) is -0.177. The van der Waals surface area contributed by atoms with Gasteiger partial charge in [0.1, 0.15) is 11.6 Å². The van der Waals surface area contributed by atoms with E-state index in [1.807, 2.05) is 11.5 Å². The molecule has 1 N–H and O–H groups in total. The number of hydrogen-bond donors (Lipinski definition) is 1. The molecule has 1 fully saturated rings. The second-order valence-electron chi connectivity index (χ2n) is 6.01. The molecule has 28 heavy (non-hydrogen) atoms. The third kappa shape index (κ3) is 4.23. The summed E-state index contributed by atoms with van der Waals surface area (Å²) in [7, 11) is 0. The highest BCUT2D eigenvalue weighted by molar-refractivity contribution is 8.03. The number of nitrogens with zero attached hydrogens (tertiary/aromatic N) is 2. The molecular weight excluding hydrogens is 400 g/mol. The Morgan fingerprint density at radius 1 is 1.14 bits per heavy atom. The summed E-state index contributed by atoms with van der Waals surface area (Å²) in [4.78, 5) is 18.9. The van der Waals surface area contributed by atoms with Gasteiger partial charge in [0.25, 0.3) is 5.91 Å². The lowest BCUT2D eigenvalue weighted by Gasteiger charge is -2.16. The van der Waals surface area contributed by atoms with Crippen LogP contribution in [0.1, 0.15) is 16.1 Å². The van der Waals surface area contributed by atoms with E-state index in [0.717, 1.165) is 22.2 Å². The highest BCUT2D eigenvalue weighted by atomic mass is 32.2. The lowest BCUT2D eigenvalue weighted by molar-refractivity contribution is 0.0830. The first-order chi connectivity index (χ1) is 13.6. The van der Waals surface area contributed by atoms with E-state index in [9.17, 15) is 13.6 Å². The van der Waals surface area contributed by atoms with Gasteiger partial charge in [-0.2, -0.15) is 0 Å². The number of aromatic nitrogens is 1. The normalized spacial score (nSPS) is 15.2. The summed E-state index contributed by atoms with van der Waals surface area (Å²) in [5, 5.41) is 6.46. The highest BCUT2D eigenvalue weighted by Crippen LogP contribution is 2.32. The number of thiazole rings is 1. The first-order valence-corrected chi connectivity index (χ1v) is 10.3. The molecule has 0 spiro atoms. The predicted octanol–water partition coefficient (Wildman–Crippen LogP) is 5.35. The zero-order valence-electron chi connectivity index (χ0n) is 14.6. The van der Waals surface area contributed by atoms with Gasteiger partial charge in [0.05, 0.1) is 10.7 Å². The smallest absolute Gasteiger partial charge is 0.258 e. The van der Waals surface area contributed by atoms with Crippen LogP contribution in [-0.4, -0.2) is 28.1 Å². The number of nitrogens with one attached hydrogen (secondary N) is 1. The molecule has 0 unspecified atom stereocenters. The molecule has 1 saturated heterocycles. The fourth-order valence-corrected chi connectivity index (χ4v) is 4.43. The molecule has 0 saturated carbocycles. The van der Waals surface area contributed by atoms with Crippen LogP contribution in [0.15, 0.2) is 58.9 Å². The molecule has 0 radical (unpaired) electrons. The minimum Gasteiger partial charge on any atom is -0.332 e. The van der Waals surface area contributed by atoms with Crippen LogP contribution >= 0.6 is 23.1 Å². The SMILES string of the molecule is O=C(c1cccc(F)c1)N1CCS/C1=C/c1csc(Nc2ccc(F)cc2)n1. The maximum atomic E-state index is 13.4. The first kappa shape index (κ1) is 18.6. The quantitative estimate of drug-likeness (QED) is 0.624. The molecule has 1 aliphatic rings. The summed E-state index contributed by atoms with van der Waals surface area (Å²) in [6.07, 6.45) is 1.85. The lowest BCUT2D eigenvalue weighted by atomic mass is 10.2. The van der Waals surface area contributed by atoms with Crippen molar-refractivity contribution in [1.29, 1.82) is 0 Å². The largest absolute Gasteiger partial charge is 0.332 e. The van der Waals surface area contributed by atoms with Crippen molar-refractivity contribution < 1.29 is 13.6 Å². The van der Waals surface area contributed by atoms with Gasteiger partial charge in [-0.3, -0.25) is 4.79 Å². The van der Waals surface area contributed by atoms with Gasteiger partial charge in [-0.25, -0.2) is 13.8 Å². The fourth-order valence-electron chi connectivity index (χ4n) is 2.72. The van der Waals surface area contributed by atoms with Crippen LogP contribution in [0, 0.1) is 11.6 Å². The van der Waals surface area contributed by atoms with Crippen LogP contribution in [0.25, 0.3) is 6.08 Å². The molecule has 0 bridgehead atoms. The van der Waals surface area contributed by atoms with Crippen LogP contribution in [0.5, 0.6) is 0 Å². The molecule has 1 amide bonds. The summed E-state index contributed by atoms with van der Waals surface area (Å²) in [6, 6.07) is 11.7. The van der Waals surface area contributed by atoms with Crippen molar-refractivity contribution >= 4 is 45.9 Å². The minimum absolute atomic E-state index is 0.226. The number of thioether (sulfide) groups is 1. The first-order valence-electron chi connectivity index (χ1n) is 8.48. The Hall–Kier alpha value is -2.71. The summed E-state index contributed by atoms with van der Waals surface area (Å²) >= 11 is 2.98. The second kappa shape index (κ2) is 8.12. The minimum atomic E-state index is -0.431. The Labute approximate surface area is 168 Å². The van der Waals surface area contributed by atoms with Crippen LogP contribution in [-0.2, 0) is 0 Å². The van der Waals surface area contributed by atoms with Crippen molar-refractivity contribution in [2.75, 3.05) is 17.6 Å². The number of carbonyl (C=O) groups is 1. The average molecular weight is 415 g/mol. The van der Waals surface area contributed by atoms with Crippen LogP contribution in [0.4, 0.5) is 19.6 Å². The maximum absolute atomic E-state index is 13.4. The Balaban J connectivity index is 1.51. The molecule has 2 aromatic carbocycles. The van der Waals surface area contributed by atoms with Crippen molar-refractivity contribution in [3.63, 3.8) is 0 Å². The number of hydrogen-bond acceptors (Lipinski definition) is 5. The van der Waals surface area contributed by atoms with Gasteiger partial charge in [-0.1, -0.05) is 6.07 Å². The summed E-state index contributed by atoms with van der Waals surface area (Å²) < 4.78 is 26.4. The number of carbonyl (C=O) groups excluding carboxylic acids is 1. The number of benzene rings is 2. The van der Waals surface area contributed by atoms with E-state index in [-0.39, 0.29) is 11.7 Å². The van der Waals surface area contributed by atoms with E-state index in [1.165, 1.54) is 41.7 Å². The summed E-state index contributed by atoms with van der Waals surface area (Å²) in [5.41, 5.74) is 1.79. The molecule has 1 aromatic heterocycles. The van der Waals surface area contributed by atoms with E-state index in [1.54, 1.807) is 34.9 Å². The molecule has 4 nitrogen and oxygen atoms in total. The van der Waals surface area contributed by atoms with Gasteiger partial charge in [-0.05, 0) is 48.5 Å². The highest BCUT2D eigenvalue weighted by Gasteiger charge is 2.25. The second-order valence-corrected chi connectivity index (χ2v) is 7.98. The van der Waals surface area contributed by atoms with Crippen LogP contribution in [0.3, 0.4) is 0 Å². The molecule has 142 valence electrons. The van der Waals surface area contributed by atoms with E-state index >= 15 is 0 Å². The standard InChI is InChI=1S/C20H15F2N3OS2/c21-14-4-6-16(7-5-14)23-20-24-17(12-28-20)11-18-25(8-9-27-18)19(26)13-2-1-3-15(22)10-13/h1-7,10-12H,8-9H2,(H,23,24)/b18-11+. The maximum Gasteiger partial charge on any atom is 0.258 e. The molecule has 4 rings (SSSR count). The molecular formula is C20H15F2N3OS2. The third-order valence-corrected chi connectivity index (χ3v) is 5.83.